The molecule has 0 saturated heterocycles. The molecule has 2 rings (SSSR count). The predicted molar refractivity (Wildman–Crippen MR) is 64.4 cm³/mol. The topological polar surface area (TPSA) is 52.0 Å². The molecule has 16 heavy (non-hydrogen) atoms. The van der Waals surface area contributed by atoms with Crippen LogP contribution >= 0.6 is 12.6 Å². The molecule has 0 aliphatic carbocycles. The Morgan fingerprint density at radius 1 is 1.44 bits per heavy atom. The van der Waals surface area contributed by atoms with Gasteiger partial charge < -0.3 is 0 Å². The monoisotopic (exact) mass is 238 g/mol. The number of hydrogen-bond acceptors (Lipinski definition) is 4. The highest BCUT2D eigenvalue weighted by atomic mass is 32.1. The second-order valence-electron chi connectivity index (χ2n) is 3.96. The van der Waals surface area contributed by atoms with Crippen LogP contribution < -0.4 is 5.56 Å². The lowest BCUT2D eigenvalue weighted by molar-refractivity contribution is 0.0945. The Kier molecular flexibility index (Phi) is 3.14. The lowest BCUT2D eigenvalue weighted by atomic mass is 10.1. The average molecular weight is 238 g/mol. The molecule has 1 aromatic rings. The van der Waals surface area contributed by atoms with Gasteiger partial charge in [0.25, 0.3) is 5.56 Å². The van der Waals surface area contributed by atoms with Crippen LogP contribution in [0, 0.1) is 6.92 Å². The zero-order valence-corrected chi connectivity index (χ0v) is 10.1. The van der Waals surface area contributed by atoms with Crippen LogP contribution in [0.1, 0.15) is 34.7 Å². The van der Waals surface area contributed by atoms with Gasteiger partial charge in [-0.3, -0.25) is 14.2 Å². The van der Waals surface area contributed by atoms with E-state index in [-0.39, 0.29) is 11.3 Å². The van der Waals surface area contributed by atoms with Gasteiger partial charge in [-0.1, -0.05) is 0 Å². The van der Waals surface area contributed by atoms with Crippen molar-refractivity contribution < 1.29 is 4.79 Å². The number of ketones is 1. The van der Waals surface area contributed by atoms with E-state index in [1.165, 1.54) is 4.57 Å². The Balaban J connectivity index is 2.62. The summed E-state index contributed by atoms with van der Waals surface area (Å²) >= 11 is 4.13. The molecule has 0 radical (unpaired) electrons. The zero-order chi connectivity index (χ0) is 11.7. The second kappa shape index (κ2) is 4.41. The highest BCUT2D eigenvalue weighted by Gasteiger charge is 2.22. The van der Waals surface area contributed by atoms with Gasteiger partial charge in [-0.15, -0.1) is 0 Å². The highest BCUT2D eigenvalue weighted by molar-refractivity contribution is 7.80. The fourth-order valence-electron chi connectivity index (χ4n) is 2.03. The molecule has 0 atom stereocenters. The van der Waals surface area contributed by atoms with Crippen molar-refractivity contribution in [2.75, 3.05) is 5.75 Å². The van der Waals surface area contributed by atoms with Crippen molar-refractivity contribution >= 4 is 18.4 Å². The predicted octanol–water partition coefficient (Wildman–Crippen LogP) is 1.00. The number of carbonyl (C=O) groups is 1. The molecule has 0 fully saturated rings. The number of aryl methyl sites for hydroxylation is 1. The minimum absolute atomic E-state index is 0.0242. The first kappa shape index (κ1) is 11.4. The first-order valence-corrected chi connectivity index (χ1v) is 6.02. The lowest BCUT2D eigenvalue weighted by Crippen LogP contribution is -2.34. The molecule has 0 unspecified atom stereocenters. The maximum absolute atomic E-state index is 12.1. The Morgan fingerprint density at radius 2 is 2.19 bits per heavy atom. The van der Waals surface area contributed by atoms with Crippen LogP contribution in [0.5, 0.6) is 0 Å². The Bertz CT molecular complexity index is 493. The van der Waals surface area contributed by atoms with Gasteiger partial charge >= 0.3 is 0 Å². The van der Waals surface area contributed by atoms with Crippen molar-refractivity contribution in [3.63, 3.8) is 0 Å². The lowest BCUT2D eigenvalue weighted by Gasteiger charge is -2.18. The van der Waals surface area contributed by atoms with Crippen LogP contribution in [-0.4, -0.2) is 21.1 Å². The van der Waals surface area contributed by atoms with E-state index in [1.807, 2.05) is 0 Å². The van der Waals surface area contributed by atoms with Crippen molar-refractivity contribution in [1.29, 1.82) is 0 Å². The number of rotatable bonds is 2. The fourth-order valence-corrected chi connectivity index (χ4v) is 2.25. The summed E-state index contributed by atoms with van der Waals surface area (Å²) in [6.07, 6.45) is 1.84. The van der Waals surface area contributed by atoms with Gasteiger partial charge in [-0.05, 0) is 25.5 Å². The smallest absolute Gasteiger partial charge is 0.257 e. The van der Waals surface area contributed by atoms with Crippen LogP contribution in [0.4, 0.5) is 0 Å². The number of aromatic nitrogens is 2. The first-order chi connectivity index (χ1) is 7.65. The van der Waals surface area contributed by atoms with E-state index in [0.29, 0.717) is 42.2 Å². The molecule has 1 aliphatic heterocycles. The van der Waals surface area contributed by atoms with Crippen LogP contribution in [0.15, 0.2) is 4.79 Å². The third-order valence-corrected chi connectivity index (χ3v) is 3.09. The normalized spacial score (nSPS) is 15.0. The number of nitrogens with zero attached hydrogens (tertiary/aromatic N) is 2. The van der Waals surface area contributed by atoms with Crippen molar-refractivity contribution in [2.24, 2.45) is 0 Å². The van der Waals surface area contributed by atoms with E-state index < -0.39 is 0 Å². The van der Waals surface area contributed by atoms with Gasteiger partial charge in [0, 0.05) is 24.2 Å². The SMILES string of the molecule is Cc1nc2n(c(=O)c1CCS)CCCC2=O. The van der Waals surface area contributed by atoms with Crippen molar-refractivity contribution in [3.05, 3.63) is 27.4 Å². The Morgan fingerprint density at radius 3 is 2.88 bits per heavy atom. The molecule has 0 spiro atoms. The third-order valence-electron chi connectivity index (χ3n) is 2.87. The number of Topliss-reactive ketones (excluding diaryl/α,β-unsaturated/α-hetero) is 1. The maximum Gasteiger partial charge on any atom is 0.257 e. The standard InChI is InChI=1S/C11H14N2O2S/c1-7-8(4-6-16)11(15)13-5-2-3-9(14)10(13)12-7/h16H,2-6H2,1H3. The summed E-state index contributed by atoms with van der Waals surface area (Å²) in [5.41, 5.74) is 1.29. The minimum Gasteiger partial charge on any atom is -0.291 e. The van der Waals surface area contributed by atoms with Gasteiger partial charge in [-0.2, -0.15) is 12.6 Å². The molecular formula is C11H14N2O2S. The number of thiol groups is 1. The molecule has 1 aliphatic rings. The molecule has 1 aromatic heterocycles. The summed E-state index contributed by atoms with van der Waals surface area (Å²) in [6, 6.07) is 0. The van der Waals surface area contributed by atoms with E-state index in [0.717, 1.165) is 6.42 Å². The summed E-state index contributed by atoms with van der Waals surface area (Å²) in [5, 5.41) is 0. The van der Waals surface area contributed by atoms with Crippen LogP contribution in [-0.2, 0) is 13.0 Å². The second-order valence-corrected chi connectivity index (χ2v) is 4.40. The molecule has 2 heterocycles. The summed E-state index contributed by atoms with van der Waals surface area (Å²) in [4.78, 5) is 28.0. The van der Waals surface area contributed by atoms with E-state index in [9.17, 15) is 9.59 Å². The Labute approximate surface area is 99.1 Å². The van der Waals surface area contributed by atoms with Crippen LogP contribution in [0.25, 0.3) is 0 Å². The van der Waals surface area contributed by atoms with E-state index in [4.69, 9.17) is 0 Å². The molecular weight excluding hydrogens is 224 g/mol. The largest absolute Gasteiger partial charge is 0.291 e. The van der Waals surface area contributed by atoms with Crippen LogP contribution in [0.3, 0.4) is 0 Å². The zero-order valence-electron chi connectivity index (χ0n) is 9.19. The molecule has 4 nitrogen and oxygen atoms in total. The van der Waals surface area contributed by atoms with Gasteiger partial charge in [0.2, 0.25) is 0 Å². The fraction of sp³-hybridized carbons (Fsp3) is 0.545. The average Bonchev–Trinajstić information content (AvgIpc) is 2.26. The Hall–Kier alpha value is -1.10. The third kappa shape index (κ3) is 1.80. The van der Waals surface area contributed by atoms with Gasteiger partial charge in [0.1, 0.15) is 0 Å². The van der Waals surface area contributed by atoms with E-state index in [2.05, 4.69) is 17.6 Å². The summed E-state index contributed by atoms with van der Waals surface area (Å²) in [7, 11) is 0. The molecule has 0 aromatic carbocycles. The molecule has 0 saturated carbocycles. The molecule has 0 N–H and O–H groups in total. The summed E-state index contributed by atoms with van der Waals surface area (Å²) < 4.78 is 1.51. The summed E-state index contributed by atoms with van der Waals surface area (Å²) in [5.74, 6) is 0.922. The highest BCUT2D eigenvalue weighted by Crippen LogP contribution is 2.12. The number of fused-ring (bicyclic) bond motifs is 1. The molecule has 86 valence electrons. The van der Waals surface area contributed by atoms with Crippen molar-refractivity contribution in [2.45, 2.75) is 32.7 Å². The quantitative estimate of drug-likeness (QED) is 0.782. The van der Waals surface area contributed by atoms with Crippen molar-refractivity contribution in [1.82, 2.24) is 9.55 Å². The summed E-state index contributed by atoms with van der Waals surface area (Å²) in [6.45, 7) is 2.38. The maximum atomic E-state index is 12.1. The van der Waals surface area contributed by atoms with Gasteiger partial charge in [0.15, 0.2) is 11.6 Å². The molecule has 0 bridgehead atoms. The first-order valence-electron chi connectivity index (χ1n) is 5.39. The molecule has 0 amide bonds. The number of hydrogen-bond donors (Lipinski definition) is 1. The van der Waals surface area contributed by atoms with E-state index >= 15 is 0 Å². The van der Waals surface area contributed by atoms with E-state index in [1.54, 1.807) is 6.92 Å². The van der Waals surface area contributed by atoms with Gasteiger partial charge in [0.05, 0.1) is 0 Å². The molecule has 5 heteroatoms. The minimum atomic E-state index is -0.0652. The van der Waals surface area contributed by atoms with Gasteiger partial charge in [-0.25, -0.2) is 4.98 Å². The van der Waals surface area contributed by atoms with Crippen molar-refractivity contribution in [3.8, 4) is 0 Å². The van der Waals surface area contributed by atoms with Crippen LogP contribution in [0.2, 0.25) is 0 Å². The number of carbonyl (C=O) groups excluding carboxylic acids is 1.